The fourth-order valence-corrected chi connectivity index (χ4v) is 8.70. The molecule has 0 saturated carbocycles. The van der Waals surface area contributed by atoms with Gasteiger partial charge in [-0.3, -0.25) is 4.98 Å². The Morgan fingerprint density at radius 2 is 1.06 bits per heavy atom. The molecule has 2 aliphatic carbocycles. The van der Waals surface area contributed by atoms with Crippen LogP contribution in [0.15, 0.2) is 158 Å². The first-order valence-corrected chi connectivity index (χ1v) is 16.2. The second-order valence-electron chi connectivity index (χ2n) is 12.9. The number of rotatable bonds is 1. The Balaban J connectivity index is 1.21. The molecule has 0 unspecified atom stereocenters. The minimum Gasteiger partial charge on any atom is -0.254 e. The summed E-state index contributed by atoms with van der Waals surface area (Å²) < 4.78 is 0. The number of benzene rings is 7. The van der Waals surface area contributed by atoms with Crippen molar-refractivity contribution in [2.75, 3.05) is 0 Å². The fraction of sp³-hybridized carbons (Fsp3) is 0.0222. The molecule has 2 nitrogen and oxygen atoms in total. The van der Waals surface area contributed by atoms with Crippen LogP contribution in [-0.4, -0.2) is 9.97 Å². The first kappa shape index (κ1) is 25.1. The lowest BCUT2D eigenvalue weighted by atomic mass is 9.69. The molecular formula is C45H26N2. The van der Waals surface area contributed by atoms with Crippen molar-refractivity contribution >= 4 is 43.4 Å². The molecule has 0 saturated heterocycles. The Bertz CT molecular complexity index is 2760. The van der Waals surface area contributed by atoms with Crippen molar-refractivity contribution in [1.29, 1.82) is 0 Å². The third-order valence-electron chi connectivity index (χ3n) is 10.7. The van der Waals surface area contributed by atoms with Crippen LogP contribution in [0.1, 0.15) is 22.3 Å². The van der Waals surface area contributed by atoms with Crippen molar-refractivity contribution in [3.8, 4) is 33.5 Å². The molecule has 11 rings (SSSR count). The van der Waals surface area contributed by atoms with E-state index in [0.717, 1.165) is 33.1 Å². The summed E-state index contributed by atoms with van der Waals surface area (Å²) in [4.78, 5) is 9.87. The summed E-state index contributed by atoms with van der Waals surface area (Å²) >= 11 is 0. The minimum atomic E-state index is -0.408. The van der Waals surface area contributed by atoms with E-state index in [-0.39, 0.29) is 0 Å². The highest BCUT2D eigenvalue weighted by molar-refractivity contribution is 6.07. The Morgan fingerprint density at radius 1 is 0.404 bits per heavy atom. The van der Waals surface area contributed by atoms with Crippen molar-refractivity contribution in [3.63, 3.8) is 0 Å². The van der Waals surface area contributed by atoms with E-state index in [9.17, 15) is 0 Å². The van der Waals surface area contributed by atoms with Crippen LogP contribution < -0.4 is 0 Å². The molecule has 0 atom stereocenters. The smallest absolute Gasteiger partial charge is 0.0972 e. The molecule has 9 aromatic rings. The van der Waals surface area contributed by atoms with Crippen molar-refractivity contribution < 1.29 is 0 Å². The van der Waals surface area contributed by atoms with Crippen LogP contribution in [0.5, 0.6) is 0 Å². The molecule has 2 aliphatic rings. The Kier molecular flexibility index (Phi) is 4.80. The molecule has 2 aromatic heterocycles. The molecule has 2 heterocycles. The van der Waals surface area contributed by atoms with Crippen LogP contribution in [0.2, 0.25) is 0 Å². The fourth-order valence-electron chi connectivity index (χ4n) is 8.70. The highest BCUT2D eigenvalue weighted by Gasteiger charge is 2.52. The molecule has 0 amide bonds. The third-order valence-corrected chi connectivity index (χ3v) is 10.7. The van der Waals surface area contributed by atoms with Crippen LogP contribution in [0.25, 0.3) is 76.9 Å². The predicted molar refractivity (Wildman–Crippen MR) is 194 cm³/mol. The molecular weight excluding hydrogens is 569 g/mol. The second kappa shape index (κ2) is 8.99. The Hall–Kier alpha value is -6.12. The van der Waals surface area contributed by atoms with E-state index in [1.807, 2.05) is 12.3 Å². The molecule has 1 spiro atoms. The second-order valence-corrected chi connectivity index (χ2v) is 12.9. The zero-order chi connectivity index (χ0) is 30.7. The van der Waals surface area contributed by atoms with Gasteiger partial charge in [-0.05, 0) is 96.4 Å². The van der Waals surface area contributed by atoms with Gasteiger partial charge < -0.3 is 0 Å². The van der Waals surface area contributed by atoms with Crippen molar-refractivity contribution in [1.82, 2.24) is 9.97 Å². The van der Waals surface area contributed by atoms with Crippen LogP contribution >= 0.6 is 0 Å². The maximum absolute atomic E-state index is 5.18. The lowest BCUT2D eigenvalue weighted by Gasteiger charge is -2.31. The summed E-state index contributed by atoms with van der Waals surface area (Å²) in [5.41, 5.74) is 14.3. The van der Waals surface area contributed by atoms with Gasteiger partial charge in [0, 0.05) is 22.5 Å². The van der Waals surface area contributed by atoms with Gasteiger partial charge >= 0.3 is 0 Å². The number of hydrogen-bond donors (Lipinski definition) is 0. The number of pyridine rings is 2. The van der Waals surface area contributed by atoms with Gasteiger partial charge in [-0.15, -0.1) is 0 Å². The normalized spacial score (nSPS) is 13.7. The molecule has 47 heavy (non-hydrogen) atoms. The molecule has 0 fully saturated rings. The number of hydrogen-bond acceptors (Lipinski definition) is 2. The van der Waals surface area contributed by atoms with Gasteiger partial charge in [0.25, 0.3) is 0 Å². The van der Waals surface area contributed by atoms with Crippen LogP contribution in [0.3, 0.4) is 0 Å². The first-order valence-electron chi connectivity index (χ1n) is 16.2. The van der Waals surface area contributed by atoms with Crippen molar-refractivity contribution in [2.45, 2.75) is 5.41 Å². The topological polar surface area (TPSA) is 25.8 Å². The summed E-state index contributed by atoms with van der Waals surface area (Å²) in [6, 6.07) is 56.0. The average molecular weight is 595 g/mol. The summed E-state index contributed by atoms with van der Waals surface area (Å²) in [6.07, 6.45) is 1.85. The maximum Gasteiger partial charge on any atom is 0.0972 e. The highest BCUT2D eigenvalue weighted by atomic mass is 14.8. The lowest BCUT2D eigenvalue weighted by molar-refractivity contribution is 0.802. The number of nitrogens with zero attached hydrogens (tertiary/aromatic N) is 2. The van der Waals surface area contributed by atoms with Gasteiger partial charge in [0.2, 0.25) is 0 Å². The largest absolute Gasteiger partial charge is 0.254 e. The quantitative estimate of drug-likeness (QED) is 0.177. The SMILES string of the molecule is c1ccc2c(c1)-c1ccccc1C21c2cc3ccccc3cc2-c2ccc3cc(-c4ccc5ccc6cccnc6c5n4)ccc3c21. The zero-order valence-corrected chi connectivity index (χ0v) is 25.4. The van der Waals surface area contributed by atoms with Gasteiger partial charge in [-0.25, -0.2) is 4.98 Å². The van der Waals surface area contributed by atoms with Gasteiger partial charge in [-0.2, -0.15) is 0 Å². The van der Waals surface area contributed by atoms with Crippen LogP contribution in [0.4, 0.5) is 0 Å². The van der Waals surface area contributed by atoms with E-state index < -0.39 is 5.41 Å². The van der Waals surface area contributed by atoms with Crippen LogP contribution in [0, 0.1) is 0 Å². The summed E-state index contributed by atoms with van der Waals surface area (Å²) in [7, 11) is 0. The monoisotopic (exact) mass is 594 g/mol. The summed E-state index contributed by atoms with van der Waals surface area (Å²) in [5, 5.41) is 7.26. The molecule has 2 heteroatoms. The van der Waals surface area contributed by atoms with Gasteiger partial charge in [0.15, 0.2) is 0 Å². The molecule has 7 aromatic carbocycles. The Morgan fingerprint density at radius 3 is 1.87 bits per heavy atom. The van der Waals surface area contributed by atoms with Crippen molar-refractivity contribution in [3.05, 3.63) is 180 Å². The predicted octanol–water partition coefficient (Wildman–Crippen LogP) is 11.1. The van der Waals surface area contributed by atoms with E-state index in [0.29, 0.717) is 0 Å². The van der Waals surface area contributed by atoms with E-state index in [1.165, 1.54) is 66.1 Å². The first-order chi connectivity index (χ1) is 23.3. The molecule has 0 N–H and O–H groups in total. The molecule has 216 valence electrons. The van der Waals surface area contributed by atoms with Crippen molar-refractivity contribution in [2.24, 2.45) is 0 Å². The van der Waals surface area contributed by atoms with Gasteiger partial charge in [-0.1, -0.05) is 121 Å². The van der Waals surface area contributed by atoms with Crippen LogP contribution in [-0.2, 0) is 5.41 Å². The average Bonchev–Trinajstić information content (AvgIpc) is 3.60. The Labute approximate surface area is 271 Å². The molecule has 0 aliphatic heterocycles. The van der Waals surface area contributed by atoms with Gasteiger partial charge in [0.05, 0.1) is 22.1 Å². The van der Waals surface area contributed by atoms with E-state index in [1.54, 1.807) is 0 Å². The van der Waals surface area contributed by atoms with E-state index >= 15 is 0 Å². The lowest BCUT2D eigenvalue weighted by Crippen LogP contribution is -2.26. The number of aromatic nitrogens is 2. The summed E-state index contributed by atoms with van der Waals surface area (Å²) in [6.45, 7) is 0. The third kappa shape index (κ3) is 3.19. The van der Waals surface area contributed by atoms with E-state index in [4.69, 9.17) is 4.98 Å². The summed E-state index contributed by atoms with van der Waals surface area (Å²) in [5.74, 6) is 0. The molecule has 0 bridgehead atoms. The molecule has 0 radical (unpaired) electrons. The minimum absolute atomic E-state index is 0.408. The van der Waals surface area contributed by atoms with E-state index in [2.05, 4.69) is 151 Å². The zero-order valence-electron chi connectivity index (χ0n) is 25.4. The highest BCUT2D eigenvalue weighted by Crippen LogP contribution is 2.64. The standard InChI is InChI=1S/C45H26N2/c1-2-9-30-26-40-37(25-29(30)8-1)36-21-17-31-24-32(41-22-19-28-16-15-27-10-7-23-46-43(27)44(28)47-41)18-20-33(31)42(36)45(40)38-13-5-3-11-34(38)35-12-4-6-14-39(35)45/h1-26H. The van der Waals surface area contributed by atoms with Gasteiger partial charge in [0.1, 0.15) is 0 Å². The number of fused-ring (bicyclic) bond motifs is 16. The maximum atomic E-state index is 5.18.